The highest BCUT2D eigenvalue weighted by atomic mass is 16.2. The lowest BCUT2D eigenvalue weighted by Gasteiger charge is -2.26. The monoisotopic (exact) mass is 241 g/mol. The fourth-order valence-electron chi connectivity index (χ4n) is 1.79. The van der Waals surface area contributed by atoms with E-state index in [0.29, 0.717) is 19.5 Å². The van der Waals surface area contributed by atoms with Crippen LogP contribution in [0.4, 0.5) is 0 Å². The van der Waals surface area contributed by atoms with Gasteiger partial charge in [-0.15, -0.1) is 0 Å². The minimum Gasteiger partial charge on any atom is -0.351 e. The molecule has 2 amide bonds. The number of rotatable bonds is 5. The second kappa shape index (κ2) is 5.49. The van der Waals surface area contributed by atoms with Crippen molar-refractivity contribution in [2.24, 2.45) is 11.1 Å². The Bertz CT molecular complexity index is 302. The van der Waals surface area contributed by atoms with Crippen molar-refractivity contribution in [2.75, 3.05) is 19.6 Å². The first-order chi connectivity index (χ1) is 7.86. The van der Waals surface area contributed by atoms with Gasteiger partial charge >= 0.3 is 0 Å². The number of carbonyl (C=O) groups is 2. The van der Waals surface area contributed by atoms with Crippen molar-refractivity contribution < 1.29 is 9.59 Å². The molecule has 1 saturated heterocycles. The molecule has 1 atom stereocenters. The summed E-state index contributed by atoms with van der Waals surface area (Å²) in [4.78, 5) is 25.1. The van der Waals surface area contributed by atoms with Crippen molar-refractivity contribution in [1.29, 1.82) is 0 Å². The molecule has 1 fully saturated rings. The van der Waals surface area contributed by atoms with E-state index in [1.54, 1.807) is 4.90 Å². The summed E-state index contributed by atoms with van der Waals surface area (Å²) in [5.41, 5.74) is 4.99. The average molecular weight is 241 g/mol. The minimum absolute atomic E-state index is 0.0321. The quantitative estimate of drug-likeness (QED) is 0.716. The third-order valence-corrected chi connectivity index (χ3v) is 3.17. The summed E-state index contributed by atoms with van der Waals surface area (Å²) in [7, 11) is 0. The summed E-state index contributed by atoms with van der Waals surface area (Å²) < 4.78 is 0. The van der Waals surface area contributed by atoms with Crippen LogP contribution < -0.4 is 11.1 Å². The normalized spacial score (nSPS) is 18.4. The molecule has 1 aliphatic rings. The van der Waals surface area contributed by atoms with E-state index in [9.17, 15) is 9.59 Å². The molecule has 1 unspecified atom stereocenters. The average Bonchev–Trinajstić information content (AvgIpc) is 2.64. The van der Waals surface area contributed by atoms with Crippen molar-refractivity contribution >= 4 is 11.8 Å². The van der Waals surface area contributed by atoms with E-state index in [2.05, 4.69) is 5.32 Å². The lowest BCUT2D eigenvalue weighted by molar-refractivity contribution is -0.131. The third kappa shape index (κ3) is 3.70. The van der Waals surface area contributed by atoms with Gasteiger partial charge in [-0.2, -0.15) is 0 Å². The first-order valence-corrected chi connectivity index (χ1v) is 6.15. The molecule has 0 radical (unpaired) electrons. The number of amides is 2. The molecule has 1 rings (SSSR count). The number of carbonyl (C=O) groups excluding carboxylic acids is 2. The molecule has 0 bridgehead atoms. The highest BCUT2D eigenvalue weighted by molar-refractivity contribution is 5.82. The summed E-state index contributed by atoms with van der Waals surface area (Å²) in [5.74, 6) is 0.128. The molecule has 5 heteroatoms. The summed E-state index contributed by atoms with van der Waals surface area (Å²) >= 11 is 0. The van der Waals surface area contributed by atoms with E-state index in [1.165, 1.54) is 0 Å². The van der Waals surface area contributed by atoms with Crippen LogP contribution in [-0.4, -0.2) is 42.4 Å². The molecule has 0 aromatic rings. The fourth-order valence-corrected chi connectivity index (χ4v) is 1.79. The van der Waals surface area contributed by atoms with Crippen LogP contribution in [0.3, 0.4) is 0 Å². The lowest BCUT2D eigenvalue weighted by atomic mass is 9.92. The highest BCUT2D eigenvalue weighted by Gasteiger charge is 2.28. The summed E-state index contributed by atoms with van der Waals surface area (Å²) in [6.07, 6.45) is 1.56. The maximum Gasteiger partial charge on any atom is 0.227 e. The zero-order valence-electron chi connectivity index (χ0n) is 11.0. The predicted molar refractivity (Wildman–Crippen MR) is 66.3 cm³/mol. The van der Waals surface area contributed by atoms with Crippen molar-refractivity contribution in [3.05, 3.63) is 0 Å². The van der Waals surface area contributed by atoms with Gasteiger partial charge in [-0.05, 0) is 27.2 Å². The van der Waals surface area contributed by atoms with Crippen LogP contribution in [0, 0.1) is 5.41 Å². The number of nitrogens with zero attached hydrogens (tertiary/aromatic N) is 1. The molecular formula is C12H23N3O2. The molecule has 0 aliphatic carbocycles. The van der Waals surface area contributed by atoms with Gasteiger partial charge in [0, 0.05) is 32.1 Å². The van der Waals surface area contributed by atoms with Crippen molar-refractivity contribution in [2.45, 2.75) is 39.7 Å². The van der Waals surface area contributed by atoms with Gasteiger partial charge in [-0.1, -0.05) is 0 Å². The predicted octanol–water partition coefficient (Wildman–Crippen LogP) is 0.0984. The number of hydrogen-bond donors (Lipinski definition) is 2. The molecule has 0 aromatic carbocycles. The first-order valence-electron chi connectivity index (χ1n) is 6.15. The molecular weight excluding hydrogens is 218 g/mol. The molecule has 0 aromatic heterocycles. The molecule has 17 heavy (non-hydrogen) atoms. The van der Waals surface area contributed by atoms with Gasteiger partial charge in [0.05, 0.1) is 5.41 Å². The zero-order valence-corrected chi connectivity index (χ0v) is 11.0. The van der Waals surface area contributed by atoms with Crippen LogP contribution >= 0.6 is 0 Å². The first kappa shape index (κ1) is 14.0. The SMILES string of the molecule is CC(CN1CCCC1=O)NC(=O)C(C)(C)CN. The van der Waals surface area contributed by atoms with Gasteiger partial charge in [0.25, 0.3) is 0 Å². The standard InChI is InChI=1S/C12H23N3O2/c1-9(7-15-6-4-5-10(15)16)14-11(17)12(2,3)8-13/h9H,4-8,13H2,1-3H3,(H,14,17). The van der Waals surface area contributed by atoms with Crippen LogP contribution in [0.5, 0.6) is 0 Å². The van der Waals surface area contributed by atoms with Crippen LogP contribution in [0.15, 0.2) is 0 Å². The Labute approximate surface area is 103 Å². The van der Waals surface area contributed by atoms with Gasteiger partial charge < -0.3 is 16.0 Å². The van der Waals surface area contributed by atoms with Gasteiger partial charge in [0.15, 0.2) is 0 Å². The maximum atomic E-state index is 11.9. The molecule has 98 valence electrons. The molecule has 1 heterocycles. The van der Waals surface area contributed by atoms with Crippen molar-refractivity contribution in [3.8, 4) is 0 Å². The Morgan fingerprint density at radius 2 is 2.24 bits per heavy atom. The highest BCUT2D eigenvalue weighted by Crippen LogP contribution is 2.14. The third-order valence-electron chi connectivity index (χ3n) is 3.17. The molecule has 0 saturated carbocycles. The fraction of sp³-hybridized carbons (Fsp3) is 0.833. The van der Waals surface area contributed by atoms with Crippen molar-refractivity contribution in [3.63, 3.8) is 0 Å². The topological polar surface area (TPSA) is 75.4 Å². The smallest absolute Gasteiger partial charge is 0.227 e. The Kier molecular flexibility index (Phi) is 4.51. The second-order valence-electron chi connectivity index (χ2n) is 5.41. The van der Waals surface area contributed by atoms with Gasteiger partial charge in [-0.3, -0.25) is 9.59 Å². The zero-order chi connectivity index (χ0) is 13.1. The van der Waals surface area contributed by atoms with E-state index in [0.717, 1.165) is 13.0 Å². The van der Waals surface area contributed by atoms with E-state index in [4.69, 9.17) is 5.73 Å². The molecule has 1 aliphatic heterocycles. The van der Waals surface area contributed by atoms with Crippen molar-refractivity contribution in [1.82, 2.24) is 10.2 Å². The molecule has 0 spiro atoms. The van der Waals surface area contributed by atoms with E-state index >= 15 is 0 Å². The molecule has 3 N–H and O–H groups in total. The van der Waals surface area contributed by atoms with E-state index in [1.807, 2.05) is 20.8 Å². The minimum atomic E-state index is -0.552. The summed E-state index contributed by atoms with van der Waals surface area (Å²) in [6.45, 7) is 7.25. The van der Waals surface area contributed by atoms with Crippen LogP contribution in [0.25, 0.3) is 0 Å². The number of nitrogens with two attached hydrogens (primary N) is 1. The van der Waals surface area contributed by atoms with Gasteiger partial charge in [0.1, 0.15) is 0 Å². The largest absolute Gasteiger partial charge is 0.351 e. The Balaban J connectivity index is 2.41. The Morgan fingerprint density at radius 3 is 2.71 bits per heavy atom. The Hall–Kier alpha value is -1.10. The van der Waals surface area contributed by atoms with E-state index in [-0.39, 0.29) is 17.9 Å². The van der Waals surface area contributed by atoms with Gasteiger partial charge in [-0.25, -0.2) is 0 Å². The second-order valence-corrected chi connectivity index (χ2v) is 5.41. The number of likely N-dealkylation sites (tertiary alicyclic amines) is 1. The van der Waals surface area contributed by atoms with Gasteiger partial charge in [0.2, 0.25) is 11.8 Å². The van der Waals surface area contributed by atoms with Crippen LogP contribution in [0.1, 0.15) is 33.6 Å². The number of nitrogens with one attached hydrogen (secondary N) is 1. The lowest BCUT2D eigenvalue weighted by Crippen LogP contribution is -2.49. The van der Waals surface area contributed by atoms with Crippen LogP contribution in [0.2, 0.25) is 0 Å². The molecule has 5 nitrogen and oxygen atoms in total. The summed E-state index contributed by atoms with van der Waals surface area (Å²) in [5, 5.41) is 2.91. The summed E-state index contributed by atoms with van der Waals surface area (Å²) in [6, 6.07) is -0.0321. The number of hydrogen-bond acceptors (Lipinski definition) is 3. The van der Waals surface area contributed by atoms with Crippen LogP contribution in [-0.2, 0) is 9.59 Å². The van der Waals surface area contributed by atoms with E-state index < -0.39 is 5.41 Å². The Morgan fingerprint density at radius 1 is 1.59 bits per heavy atom. The maximum absolute atomic E-state index is 11.9.